The van der Waals surface area contributed by atoms with Crippen molar-refractivity contribution in [3.8, 4) is 11.6 Å². The molecule has 1 aliphatic heterocycles. The first-order valence-electron chi connectivity index (χ1n) is 7.70. The predicted molar refractivity (Wildman–Crippen MR) is 86.1 cm³/mol. The Labute approximate surface area is 134 Å². The Morgan fingerprint density at radius 3 is 2.48 bits per heavy atom. The molecule has 2 heterocycles. The molecule has 1 aromatic carbocycles. The summed E-state index contributed by atoms with van der Waals surface area (Å²) in [5.41, 5.74) is 0.224. The minimum absolute atomic E-state index is 0.224. The second kappa shape index (κ2) is 6.64. The van der Waals surface area contributed by atoms with Crippen molar-refractivity contribution in [3.63, 3.8) is 0 Å². The minimum Gasteiger partial charge on any atom is -0.478 e. The Morgan fingerprint density at radius 2 is 1.83 bits per heavy atom. The van der Waals surface area contributed by atoms with Gasteiger partial charge < -0.3 is 14.7 Å². The maximum absolute atomic E-state index is 10.9. The van der Waals surface area contributed by atoms with Gasteiger partial charge in [0.05, 0.1) is 5.56 Å². The number of ether oxygens (including phenoxy) is 1. The number of rotatable bonds is 4. The Morgan fingerprint density at radius 1 is 1.17 bits per heavy atom. The number of anilines is 1. The molecule has 0 atom stereocenters. The lowest BCUT2D eigenvalue weighted by Crippen LogP contribution is -2.33. The van der Waals surface area contributed by atoms with E-state index in [-0.39, 0.29) is 5.56 Å². The molecule has 6 nitrogen and oxygen atoms in total. The van der Waals surface area contributed by atoms with Crippen molar-refractivity contribution >= 4 is 11.8 Å². The van der Waals surface area contributed by atoms with Crippen LogP contribution >= 0.6 is 0 Å². The van der Waals surface area contributed by atoms with Crippen LogP contribution in [0.2, 0.25) is 0 Å². The van der Waals surface area contributed by atoms with Crippen molar-refractivity contribution in [1.29, 1.82) is 0 Å². The van der Waals surface area contributed by atoms with Crippen LogP contribution in [0.3, 0.4) is 0 Å². The monoisotopic (exact) mass is 313 g/mol. The molecular formula is C17H19N3O3. The molecule has 1 aromatic heterocycles. The number of aromatic carboxylic acids is 1. The van der Waals surface area contributed by atoms with E-state index >= 15 is 0 Å². The summed E-state index contributed by atoms with van der Waals surface area (Å²) >= 11 is 0. The maximum Gasteiger partial charge on any atom is 0.335 e. The van der Waals surface area contributed by atoms with Crippen LogP contribution in [0.1, 0.15) is 30.1 Å². The van der Waals surface area contributed by atoms with Gasteiger partial charge in [0.1, 0.15) is 5.75 Å². The smallest absolute Gasteiger partial charge is 0.335 e. The van der Waals surface area contributed by atoms with E-state index in [4.69, 9.17) is 9.84 Å². The predicted octanol–water partition coefficient (Wildman–Crippen LogP) is 3.20. The van der Waals surface area contributed by atoms with E-state index in [9.17, 15) is 4.79 Å². The average molecular weight is 313 g/mol. The van der Waals surface area contributed by atoms with Crippen molar-refractivity contribution < 1.29 is 14.6 Å². The van der Waals surface area contributed by atoms with Crippen LogP contribution in [0.4, 0.5) is 5.82 Å². The molecule has 0 unspecified atom stereocenters. The number of carboxylic acids is 1. The Bertz CT molecular complexity index is 680. The van der Waals surface area contributed by atoms with E-state index < -0.39 is 5.97 Å². The zero-order valence-corrected chi connectivity index (χ0v) is 13.0. The van der Waals surface area contributed by atoms with Gasteiger partial charge in [-0.2, -0.15) is 0 Å². The quantitative estimate of drug-likeness (QED) is 0.934. The van der Waals surface area contributed by atoms with E-state index in [0.717, 1.165) is 37.7 Å². The van der Waals surface area contributed by atoms with E-state index in [1.54, 1.807) is 24.5 Å². The van der Waals surface area contributed by atoms with Crippen LogP contribution in [-0.4, -0.2) is 34.1 Å². The van der Waals surface area contributed by atoms with E-state index in [1.165, 1.54) is 12.1 Å². The van der Waals surface area contributed by atoms with Crippen LogP contribution < -0.4 is 9.64 Å². The largest absolute Gasteiger partial charge is 0.478 e. The number of piperidine rings is 1. The molecule has 0 saturated carbocycles. The fraction of sp³-hybridized carbons (Fsp3) is 0.353. The van der Waals surface area contributed by atoms with Gasteiger partial charge in [0.15, 0.2) is 5.82 Å². The fourth-order valence-electron chi connectivity index (χ4n) is 2.60. The van der Waals surface area contributed by atoms with E-state index in [1.807, 2.05) is 0 Å². The summed E-state index contributed by atoms with van der Waals surface area (Å²) in [4.78, 5) is 21.8. The molecule has 0 spiro atoms. The topological polar surface area (TPSA) is 75.5 Å². The molecule has 0 amide bonds. The fourth-order valence-corrected chi connectivity index (χ4v) is 2.60. The van der Waals surface area contributed by atoms with Gasteiger partial charge in [0.2, 0.25) is 0 Å². The van der Waals surface area contributed by atoms with Crippen LogP contribution in [0.5, 0.6) is 11.6 Å². The minimum atomic E-state index is -0.959. The van der Waals surface area contributed by atoms with Crippen LogP contribution in [0.25, 0.3) is 0 Å². The number of carbonyl (C=O) groups is 1. The molecule has 0 aliphatic carbocycles. The molecule has 0 bridgehead atoms. The summed E-state index contributed by atoms with van der Waals surface area (Å²) in [6.07, 6.45) is 5.51. The molecule has 3 rings (SSSR count). The maximum atomic E-state index is 10.9. The van der Waals surface area contributed by atoms with Crippen molar-refractivity contribution in [2.24, 2.45) is 5.92 Å². The van der Waals surface area contributed by atoms with Crippen LogP contribution in [0.15, 0.2) is 36.7 Å². The Hall–Kier alpha value is -2.63. The van der Waals surface area contributed by atoms with Gasteiger partial charge in [0, 0.05) is 25.5 Å². The van der Waals surface area contributed by atoms with Gasteiger partial charge in [-0.05, 0) is 43.0 Å². The van der Waals surface area contributed by atoms with Crippen molar-refractivity contribution in [1.82, 2.24) is 9.97 Å². The number of benzene rings is 1. The highest BCUT2D eigenvalue weighted by Gasteiger charge is 2.21. The second-order valence-electron chi connectivity index (χ2n) is 5.79. The van der Waals surface area contributed by atoms with Crippen LogP contribution in [0, 0.1) is 5.92 Å². The van der Waals surface area contributed by atoms with Crippen molar-refractivity contribution in [2.45, 2.75) is 19.8 Å². The summed E-state index contributed by atoms with van der Waals surface area (Å²) in [6, 6.07) is 6.27. The molecule has 1 N–H and O–H groups in total. The third-order valence-corrected chi connectivity index (χ3v) is 4.05. The molecule has 1 aliphatic rings. The third-order valence-electron chi connectivity index (χ3n) is 4.05. The standard InChI is InChI=1S/C17H19N3O3/c1-12-6-10-20(11-7-12)15-16(19-9-8-18-15)23-14-4-2-13(3-5-14)17(21)22/h2-5,8-9,12H,6-7,10-11H2,1H3,(H,21,22). The van der Waals surface area contributed by atoms with Gasteiger partial charge in [-0.25, -0.2) is 14.8 Å². The molecule has 0 radical (unpaired) electrons. The van der Waals surface area contributed by atoms with Crippen LogP contribution in [-0.2, 0) is 0 Å². The first-order chi connectivity index (χ1) is 11.1. The number of hydrogen-bond acceptors (Lipinski definition) is 5. The van der Waals surface area contributed by atoms with Gasteiger partial charge in [0.25, 0.3) is 5.88 Å². The molecule has 120 valence electrons. The molecule has 6 heteroatoms. The SMILES string of the molecule is CC1CCN(c2nccnc2Oc2ccc(C(=O)O)cc2)CC1. The first-order valence-corrected chi connectivity index (χ1v) is 7.70. The third kappa shape index (κ3) is 3.59. The lowest BCUT2D eigenvalue weighted by Gasteiger charge is -2.31. The molecular weight excluding hydrogens is 294 g/mol. The number of carboxylic acid groups (broad SMARTS) is 1. The number of aromatic nitrogens is 2. The second-order valence-corrected chi connectivity index (χ2v) is 5.79. The molecule has 1 saturated heterocycles. The first kappa shape index (κ1) is 15.3. The normalized spacial score (nSPS) is 15.4. The summed E-state index contributed by atoms with van der Waals surface area (Å²) < 4.78 is 5.82. The van der Waals surface area contributed by atoms with Gasteiger partial charge in [-0.15, -0.1) is 0 Å². The molecule has 23 heavy (non-hydrogen) atoms. The molecule has 2 aromatic rings. The highest BCUT2D eigenvalue weighted by molar-refractivity contribution is 5.87. The highest BCUT2D eigenvalue weighted by Crippen LogP contribution is 2.30. The number of hydrogen-bond donors (Lipinski definition) is 1. The lowest BCUT2D eigenvalue weighted by molar-refractivity contribution is 0.0697. The summed E-state index contributed by atoms with van der Waals surface area (Å²) in [5.74, 6) is 1.50. The van der Waals surface area contributed by atoms with E-state index in [2.05, 4.69) is 21.8 Å². The highest BCUT2D eigenvalue weighted by atomic mass is 16.5. The Balaban J connectivity index is 1.79. The van der Waals surface area contributed by atoms with Crippen molar-refractivity contribution in [2.75, 3.05) is 18.0 Å². The zero-order valence-electron chi connectivity index (χ0n) is 13.0. The lowest BCUT2D eigenvalue weighted by atomic mass is 9.99. The summed E-state index contributed by atoms with van der Waals surface area (Å²) in [6.45, 7) is 4.14. The number of nitrogens with zero attached hydrogens (tertiary/aromatic N) is 3. The average Bonchev–Trinajstić information content (AvgIpc) is 2.57. The molecule has 1 fully saturated rings. The van der Waals surface area contributed by atoms with Gasteiger partial charge >= 0.3 is 5.97 Å². The zero-order chi connectivity index (χ0) is 16.2. The van der Waals surface area contributed by atoms with E-state index in [0.29, 0.717) is 11.6 Å². The van der Waals surface area contributed by atoms with Gasteiger partial charge in [-0.3, -0.25) is 0 Å². The Kier molecular flexibility index (Phi) is 4.41. The summed E-state index contributed by atoms with van der Waals surface area (Å²) in [7, 11) is 0. The van der Waals surface area contributed by atoms with Gasteiger partial charge in [-0.1, -0.05) is 6.92 Å². The van der Waals surface area contributed by atoms with Crippen molar-refractivity contribution in [3.05, 3.63) is 42.2 Å². The summed E-state index contributed by atoms with van der Waals surface area (Å²) in [5, 5.41) is 8.93.